The first kappa shape index (κ1) is 17.2. The molecule has 8 heteroatoms. The van der Waals surface area contributed by atoms with Gasteiger partial charge in [-0.2, -0.15) is 0 Å². The van der Waals surface area contributed by atoms with Crippen molar-refractivity contribution in [3.63, 3.8) is 0 Å². The predicted molar refractivity (Wildman–Crippen MR) is 97.3 cm³/mol. The number of sulfonamides is 1. The normalized spacial score (nSPS) is 15.1. The Morgan fingerprint density at radius 2 is 1.84 bits per heavy atom. The summed E-state index contributed by atoms with van der Waals surface area (Å²) in [5.74, 6) is 0.812. The van der Waals surface area contributed by atoms with Crippen molar-refractivity contribution < 1.29 is 13.2 Å². The van der Waals surface area contributed by atoms with Gasteiger partial charge in [-0.15, -0.1) is 0 Å². The van der Waals surface area contributed by atoms with Gasteiger partial charge < -0.3 is 9.80 Å². The van der Waals surface area contributed by atoms with Gasteiger partial charge in [0.15, 0.2) is 0 Å². The van der Waals surface area contributed by atoms with E-state index in [2.05, 4.69) is 14.6 Å². The average Bonchev–Trinajstić information content (AvgIpc) is 2.61. The van der Waals surface area contributed by atoms with E-state index < -0.39 is 10.0 Å². The largest absolute Gasteiger partial charge is 0.353 e. The van der Waals surface area contributed by atoms with Crippen LogP contribution in [0.3, 0.4) is 0 Å². The highest BCUT2D eigenvalue weighted by Crippen LogP contribution is 2.17. The second-order valence-electron chi connectivity index (χ2n) is 5.92. The first-order chi connectivity index (χ1) is 11.9. The highest BCUT2D eigenvalue weighted by molar-refractivity contribution is 7.92. The van der Waals surface area contributed by atoms with Crippen molar-refractivity contribution in [2.45, 2.75) is 0 Å². The van der Waals surface area contributed by atoms with Gasteiger partial charge in [0.2, 0.25) is 10.0 Å². The zero-order chi connectivity index (χ0) is 17.9. The van der Waals surface area contributed by atoms with Gasteiger partial charge in [-0.1, -0.05) is 12.1 Å². The van der Waals surface area contributed by atoms with Crippen LogP contribution in [-0.4, -0.2) is 56.6 Å². The van der Waals surface area contributed by atoms with E-state index in [-0.39, 0.29) is 5.91 Å². The molecule has 0 atom stereocenters. The molecule has 132 valence electrons. The van der Waals surface area contributed by atoms with E-state index in [9.17, 15) is 13.2 Å². The minimum absolute atomic E-state index is 0.0992. The molecular weight excluding hydrogens is 340 g/mol. The molecule has 1 aromatic heterocycles. The number of nitrogens with zero attached hydrogens (tertiary/aromatic N) is 3. The molecule has 0 radical (unpaired) electrons. The van der Waals surface area contributed by atoms with Crippen molar-refractivity contribution in [2.75, 3.05) is 42.1 Å². The van der Waals surface area contributed by atoms with E-state index in [1.807, 2.05) is 18.2 Å². The Kier molecular flexibility index (Phi) is 4.89. The predicted octanol–water partition coefficient (Wildman–Crippen LogP) is 1.42. The molecule has 0 aliphatic carbocycles. The summed E-state index contributed by atoms with van der Waals surface area (Å²) in [6, 6.07) is 12.3. The maximum absolute atomic E-state index is 12.7. The topological polar surface area (TPSA) is 82.6 Å². The highest BCUT2D eigenvalue weighted by Gasteiger charge is 2.23. The van der Waals surface area contributed by atoms with Crippen molar-refractivity contribution >= 4 is 27.4 Å². The number of anilines is 2. The van der Waals surface area contributed by atoms with Crippen LogP contribution in [0.25, 0.3) is 0 Å². The minimum Gasteiger partial charge on any atom is -0.353 e. The molecule has 2 aromatic rings. The summed E-state index contributed by atoms with van der Waals surface area (Å²) in [4.78, 5) is 20.9. The summed E-state index contributed by atoms with van der Waals surface area (Å²) in [5, 5.41) is 0. The number of aromatic nitrogens is 1. The lowest BCUT2D eigenvalue weighted by Crippen LogP contribution is -2.49. The van der Waals surface area contributed by atoms with Crippen molar-refractivity contribution in [3.8, 4) is 0 Å². The fraction of sp³-hybridized carbons (Fsp3) is 0.294. The molecule has 2 heterocycles. The fourth-order valence-corrected chi connectivity index (χ4v) is 3.35. The first-order valence-corrected chi connectivity index (χ1v) is 9.85. The maximum Gasteiger partial charge on any atom is 0.254 e. The fourth-order valence-electron chi connectivity index (χ4n) is 2.79. The molecule has 0 bridgehead atoms. The third-order valence-electron chi connectivity index (χ3n) is 3.95. The Bertz CT molecular complexity index is 847. The van der Waals surface area contributed by atoms with Gasteiger partial charge >= 0.3 is 0 Å². The molecule has 1 aromatic carbocycles. The summed E-state index contributed by atoms with van der Waals surface area (Å²) in [6.45, 7) is 2.62. The third-order valence-corrected chi connectivity index (χ3v) is 4.56. The summed E-state index contributed by atoms with van der Waals surface area (Å²) < 4.78 is 25.1. The van der Waals surface area contributed by atoms with E-state index in [0.717, 1.165) is 12.1 Å². The summed E-state index contributed by atoms with van der Waals surface area (Å²) in [6.07, 6.45) is 2.84. The van der Waals surface area contributed by atoms with E-state index >= 15 is 0 Å². The van der Waals surface area contributed by atoms with Crippen LogP contribution in [0.4, 0.5) is 11.5 Å². The van der Waals surface area contributed by atoms with Gasteiger partial charge in [0, 0.05) is 43.6 Å². The molecule has 0 spiro atoms. The van der Waals surface area contributed by atoms with Gasteiger partial charge in [-0.3, -0.25) is 9.52 Å². The molecule has 1 saturated heterocycles. The molecule has 3 rings (SSSR count). The SMILES string of the molecule is CS(=O)(=O)Nc1cccc(C(=O)N2CCN(c3ccccn3)CC2)c1. The second kappa shape index (κ2) is 7.10. The first-order valence-electron chi connectivity index (χ1n) is 7.95. The Hall–Kier alpha value is -2.61. The van der Waals surface area contributed by atoms with Crippen LogP contribution in [0.1, 0.15) is 10.4 Å². The average molecular weight is 360 g/mol. The molecule has 1 fully saturated rings. The minimum atomic E-state index is -3.37. The van der Waals surface area contributed by atoms with E-state index in [1.165, 1.54) is 0 Å². The zero-order valence-corrected chi connectivity index (χ0v) is 14.7. The van der Waals surface area contributed by atoms with Gasteiger partial charge in [0.1, 0.15) is 5.82 Å². The molecular formula is C17H20N4O3S. The quantitative estimate of drug-likeness (QED) is 0.892. The number of nitrogens with one attached hydrogen (secondary N) is 1. The zero-order valence-electron chi connectivity index (χ0n) is 13.9. The molecule has 1 aliphatic heterocycles. The number of piperazine rings is 1. The van der Waals surface area contributed by atoms with Crippen molar-refractivity contribution in [2.24, 2.45) is 0 Å². The standard InChI is InChI=1S/C17H20N4O3S/c1-25(23,24)19-15-6-4-5-14(13-15)17(22)21-11-9-20(10-12-21)16-7-2-3-8-18-16/h2-8,13,19H,9-12H2,1H3. The Morgan fingerprint density at radius 1 is 1.08 bits per heavy atom. The number of amides is 1. The van der Waals surface area contributed by atoms with Gasteiger partial charge in [0.25, 0.3) is 5.91 Å². The smallest absolute Gasteiger partial charge is 0.254 e. The Morgan fingerprint density at radius 3 is 2.48 bits per heavy atom. The van der Waals surface area contributed by atoms with E-state index in [4.69, 9.17) is 0 Å². The molecule has 1 amide bonds. The van der Waals surface area contributed by atoms with Crippen LogP contribution < -0.4 is 9.62 Å². The number of pyridine rings is 1. The van der Waals surface area contributed by atoms with Gasteiger partial charge in [0.05, 0.1) is 6.26 Å². The van der Waals surface area contributed by atoms with Crippen LogP contribution in [-0.2, 0) is 10.0 Å². The van der Waals surface area contributed by atoms with Crippen LogP contribution in [0.2, 0.25) is 0 Å². The monoisotopic (exact) mass is 360 g/mol. The van der Waals surface area contributed by atoms with E-state index in [1.54, 1.807) is 35.4 Å². The van der Waals surface area contributed by atoms with Crippen LogP contribution in [0.15, 0.2) is 48.7 Å². The number of hydrogen-bond donors (Lipinski definition) is 1. The summed E-state index contributed by atoms with van der Waals surface area (Å²) >= 11 is 0. The summed E-state index contributed by atoms with van der Waals surface area (Å²) in [7, 11) is -3.37. The molecule has 1 aliphatic rings. The Labute approximate surface area is 147 Å². The highest BCUT2D eigenvalue weighted by atomic mass is 32.2. The lowest BCUT2D eigenvalue weighted by molar-refractivity contribution is 0.0746. The molecule has 0 saturated carbocycles. The maximum atomic E-state index is 12.7. The van der Waals surface area contributed by atoms with Crippen LogP contribution in [0, 0.1) is 0 Å². The number of carbonyl (C=O) groups excluding carboxylic acids is 1. The van der Waals surface area contributed by atoms with E-state index in [0.29, 0.717) is 37.4 Å². The van der Waals surface area contributed by atoms with Crippen molar-refractivity contribution in [1.82, 2.24) is 9.88 Å². The number of rotatable bonds is 4. The van der Waals surface area contributed by atoms with Crippen LogP contribution >= 0.6 is 0 Å². The number of hydrogen-bond acceptors (Lipinski definition) is 5. The lowest BCUT2D eigenvalue weighted by atomic mass is 10.1. The molecule has 7 nitrogen and oxygen atoms in total. The number of benzene rings is 1. The van der Waals surface area contributed by atoms with Crippen LogP contribution in [0.5, 0.6) is 0 Å². The third kappa shape index (κ3) is 4.48. The second-order valence-corrected chi connectivity index (χ2v) is 7.67. The summed E-state index contributed by atoms with van der Waals surface area (Å²) in [5.41, 5.74) is 0.861. The van der Waals surface area contributed by atoms with Gasteiger partial charge in [-0.05, 0) is 30.3 Å². The molecule has 0 unspecified atom stereocenters. The molecule has 1 N–H and O–H groups in total. The molecule has 25 heavy (non-hydrogen) atoms. The number of carbonyl (C=O) groups is 1. The van der Waals surface area contributed by atoms with Crippen molar-refractivity contribution in [3.05, 3.63) is 54.2 Å². The lowest BCUT2D eigenvalue weighted by Gasteiger charge is -2.35. The van der Waals surface area contributed by atoms with Crippen molar-refractivity contribution in [1.29, 1.82) is 0 Å². The van der Waals surface area contributed by atoms with Gasteiger partial charge in [-0.25, -0.2) is 13.4 Å². The Balaban J connectivity index is 1.66.